The van der Waals surface area contributed by atoms with Gasteiger partial charge in [0.1, 0.15) is 5.65 Å². The van der Waals surface area contributed by atoms with Crippen LogP contribution in [0.15, 0.2) is 40.1 Å². The highest BCUT2D eigenvalue weighted by Gasteiger charge is 2.21. The number of hydrogen-bond donors (Lipinski definition) is 0. The van der Waals surface area contributed by atoms with Crippen molar-refractivity contribution in [1.82, 2.24) is 14.1 Å². The standard InChI is InChI=1S/C26H33N3O4/c1-17(2)11-12-21-22(20-10-7-6-9-19(20)18(3)4)15-27-24-23(21)25(31)29(26(32)28(24)5)13-8-14-33-16-30/h6-7,9-10,15-18H,8,11-14H2,1-5H3. The molecule has 0 unspecified atom stereocenters. The fourth-order valence-corrected chi connectivity index (χ4v) is 4.23. The van der Waals surface area contributed by atoms with Gasteiger partial charge in [-0.1, -0.05) is 52.0 Å². The maximum Gasteiger partial charge on any atom is 0.332 e. The van der Waals surface area contributed by atoms with E-state index < -0.39 is 5.69 Å². The normalized spacial score (nSPS) is 11.5. The quantitative estimate of drug-likeness (QED) is 0.343. The molecule has 0 saturated carbocycles. The minimum atomic E-state index is -0.420. The zero-order valence-corrected chi connectivity index (χ0v) is 20.1. The van der Waals surface area contributed by atoms with Gasteiger partial charge in [0.15, 0.2) is 0 Å². The van der Waals surface area contributed by atoms with E-state index in [1.807, 2.05) is 12.1 Å². The lowest BCUT2D eigenvalue weighted by Crippen LogP contribution is -2.40. The fraction of sp³-hybridized carbons (Fsp3) is 0.462. The van der Waals surface area contributed by atoms with Crippen molar-refractivity contribution in [2.45, 2.75) is 59.4 Å². The minimum absolute atomic E-state index is 0.150. The first-order chi connectivity index (χ1) is 15.8. The summed E-state index contributed by atoms with van der Waals surface area (Å²) in [4.78, 5) is 41.6. The van der Waals surface area contributed by atoms with Gasteiger partial charge in [0, 0.05) is 25.4 Å². The van der Waals surface area contributed by atoms with Crippen LogP contribution in [0.2, 0.25) is 0 Å². The Morgan fingerprint density at radius 1 is 1.09 bits per heavy atom. The van der Waals surface area contributed by atoms with Crippen molar-refractivity contribution in [2.75, 3.05) is 6.61 Å². The molecular formula is C26H33N3O4. The van der Waals surface area contributed by atoms with E-state index >= 15 is 0 Å². The van der Waals surface area contributed by atoms with Crippen molar-refractivity contribution in [3.8, 4) is 11.1 Å². The largest absolute Gasteiger partial charge is 0.468 e. The molecule has 1 aromatic carbocycles. The van der Waals surface area contributed by atoms with Gasteiger partial charge in [-0.25, -0.2) is 9.78 Å². The van der Waals surface area contributed by atoms with Gasteiger partial charge in [-0.2, -0.15) is 0 Å². The Morgan fingerprint density at radius 3 is 2.48 bits per heavy atom. The second-order valence-corrected chi connectivity index (χ2v) is 9.14. The van der Waals surface area contributed by atoms with Crippen molar-refractivity contribution in [3.05, 3.63) is 62.4 Å². The number of carbonyl (C=O) groups excluding carboxylic acids is 1. The number of fused-ring (bicyclic) bond motifs is 1. The van der Waals surface area contributed by atoms with E-state index in [9.17, 15) is 14.4 Å². The molecule has 0 bridgehead atoms. The molecule has 0 aliphatic heterocycles. The zero-order chi connectivity index (χ0) is 24.1. The van der Waals surface area contributed by atoms with Gasteiger partial charge in [-0.3, -0.25) is 18.7 Å². The summed E-state index contributed by atoms with van der Waals surface area (Å²) in [7, 11) is 1.64. The first-order valence-electron chi connectivity index (χ1n) is 11.5. The molecule has 2 heterocycles. The Kier molecular flexibility index (Phi) is 7.84. The first-order valence-corrected chi connectivity index (χ1v) is 11.5. The number of nitrogens with zero attached hydrogens (tertiary/aromatic N) is 3. The van der Waals surface area contributed by atoms with Gasteiger partial charge >= 0.3 is 5.69 Å². The molecule has 176 valence electrons. The topological polar surface area (TPSA) is 83.2 Å². The summed E-state index contributed by atoms with van der Waals surface area (Å²) < 4.78 is 7.41. The van der Waals surface area contributed by atoms with E-state index in [0.29, 0.717) is 42.2 Å². The summed E-state index contributed by atoms with van der Waals surface area (Å²) in [5.41, 5.74) is 3.78. The summed E-state index contributed by atoms with van der Waals surface area (Å²) >= 11 is 0. The van der Waals surface area contributed by atoms with Crippen LogP contribution in [0, 0.1) is 5.92 Å². The molecule has 0 aliphatic carbocycles. The first kappa shape index (κ1) is 24.4. The molecule has 0 amide bonds. The highest BCUT2D eigenvalue weighted by atomic mass is 16.5. The highest BCUT2D eigenvalue weighted by Crippen LogP contribution is 2.34. The van der Waals surface area contributed by atoms with Crippen molar-refractivity contribution >= 4 is 17.5 Å². The van der Waals surface area contributed by atoms with Gasteiger partial charge in [0.2, 0.25) is 0 Å². The molecule has 0 aliphatic rings. The lowest BCUT2D eigenvalue weighted by molar-refractivity contribution is -0.128. The summed E-state index contributed by atoms with van der Waals surface area (Å²) in [6, 6.07) is 8.22. The molecule has 0 N–H and O–H groups in total. The number of pyridine rings is 1. The Morgan fingerprint density at radius 2 is 1.82 bits per heavy atom. The molecule has 7 heteroatoms. The molecule has 2 aromatic heterocycles. The van der Waals surface area contributed by atoms with Crippen molar-refractivity contribution in [2.24, 2.45) is 13.0 Å². The fourth-order valence-electron chi connectivity index (χ4n) is 4.23. The van der Waals surface area contributed by atoms with Gasteiger partial charge in [-0.05, 0) is 47.8 Å². The van der Waals surface area contributed by atoms with Crippen molar-refractivity contribution < 1.29 is 9.53 Å². The Hall–Kier alpha value is -3.22. The molecule has 0 radical (unpaired) electrons. The number of aromatic nitrogens is 3. The molecule has 7 nitrogen and oxygen atoms in total. The molecule has 0 spiro atoms. The predicted molar refractivity (Wildman–Crippen MR) is 131 cm³/mol. The summed E-state index contributed by atoms with van der Waals surface area (Å²) in [5, 5.41) is 0.491. The number of benzene rings is 1. The average Bonchev–Trinajstić information content (AvgIpc) is 2.80. The van der Waals surface area contributed by atoms with Crippen molar-refractivity contribution in [1.29, 1.82) is 0 Å². The number of ether oxygens (including phenoxy) is 1. The maximum atomic E-state index is 13.6. The van der Waals surface area contributed by atoms with Gasteiger partial charge in [0.25, 0.3) is 12.0 Å². The Labute approximate surface area is 194 Å². The Balaban J connectivity index is 2.32. The molecule has 0 fully saturated rings. The third kappa shape index (κ3) is 5.07. The minimum Gasteiger partial charge on any atom is -0.468 e. The maximum absolute atomic E-state index is 13.6. The molecule has 3 aromatic rings. The van der Waals surface area contributed by atoms with Crippen LogP contribution in [-0.4, -0.2) is 27.2 Å². The van der Waals surface area contributed by atoms with E-state index in [1.54, 1.807) is 13.2 Å². The van der Waals surface area contributed by atoms with E-state index in [2.05, 4.69) is 44.8 Å². The van der Waals surface area contributed by atoms with Crippen LogP contribution in [-0.2, 0) is 29.5 Å². The van der Waals surface area contributed by atoms with E-state index in [-0.39, 0.29) is 18.7 Å². The molecular weight excluding hydrogens is 418 g/mol. The van der Waals surface area contributed by atoms with Gasteiger partial charge < -0.3 is 4.74 Å². The van der Waals surface area contributed by atoms with Gasteiger partial charge in [-0.15, -0.1) is 0 Å². The predicted octanol–water partition coefficient (Wildman–Crippen LogP) is 4.04. The number of aryl methyl sites for hydroxylation is 2. The summed E-state index contributed by atoms with van der Waals surface area (Å²) in [6.07, 6.45) is 3.80. The number of hydrogen-bond acceptors (Lipinski definition) is 5. The van der Waals surface area contributed by atoms with Crippen LogP contribution in [0.4, 0.5) is 0 Å². The van der Waals surface area contributed by atoms with Crippen LogP contribution in [0.5, 0.6) is 0 Å². The number of carbonyl (C=O) groups is 1. The van der Waals surface area contributed by atoms with E-state index in [1.165, 1.54) is 14.7 Å². The third-order valence-electron chi connectivity index (χ3n) is 6.02. The Bertz CT molecular complexity index is 1250. The SMILES string of the molecule is CC(C)CCc1c(-c2ccccc2C(C)C)cnc2c1c(=O)n(CCCOC=O)c(=O)n2C. The molecule has 33 heavy (non-hydrogen) atoms. The van der Waals surface area contributed by atoms with E-state index in [0.717, 1.165) is 23.1 Å². The van der Waals surface area contributed by atoms with Gasteiger partial charge in [0.05, 0.1) is 12.0 Å². The van der Waals surface area contributed by atoms with Crippen LogP contribution in [0.1, 0.15) is 57.6 Å². The van der Waals surface area contributed by atoms with E-state index in [4.69, 9.17) is 4.74 Å². The molecule has 0 saturated heterocycles. The monoisotopic (exact) mass is 451 g/mol. The van der Waals surface area contributed by atoms with Crippen LogP contribution in [0.25, 0.3) is 22.2 Å². The lowest BCUT2D eigenvalue weighted by atomic mass is 9.88. The highest BCUT2D eigenvalue weighted by molar-refractivity contribution is 5.87. The molecule has 0 atom stereocenters. The second-order valence-electron chi connectivity index (χ2n) is 9.14. The third-order valence-corrected chi connectivity index (χ3v) is 6.02. The second kappa shape index (κ2) is 10.6. The number of rotatable bonds is 10. The average molecular weight is 452 g/mol. The summed E-state index contributed by atoms with van der Waals surface area (Å²) in [6.45, 7) is 9.31. The van der Waals surface area contributed by atoms with Crippen molar-refractivity contribution in [3.63, 3.8) is 0 Å². The van der Waals surface area contributed by atoms with Crippen LogP contribution in [0.3, 0.4) is 0 Å². The molecule has 3 rings (SSSR count). The van der Waals surface area contributed by atoms with Crippen LogP contribution < -0.4 is 11.2 Å². The smallest absolute Gasteiger partial charge is 0.332 e. The zero-order valence-electron chi connectivity index (χ0n) is 20.1. The lowest BCUT2D eigenvalue weighted by Gasteiger charge is -2.19. The van der Waals surface area contributed by atoms with Crippen LogP contribution >= 0.6 is 0 Å². The summed E-state index contributed by atoms with van der Waals surface area (Å²) in [5.74, 6) is 0.765.